The minimum Gasteiger partial charge on any atom is -0.458 e. The van der Waals surface area contributed by atoms with Gasteiger partial charge in [-0.25, -0.2) is 0 Å². The van der Waals surface area contributed by atoms with Crippen LogP contribution in [0.1, 0.15) is 25.0 Å². The molecule has 0 unspecified atom stereocenters. The van der Waals surface area contributed by atoms with Crippen LogP contribution in [0, 0.1) is 0 Å². The molecule has 0 saturated carbocycles. The van der Waals surface area contributed by atoms with Crippen molar-refractivity contribution < 1.29 is 4.74 Å². The number of nitrogens with zero attached hydrogens (tertiary/aromatic N) is 2. The summed E-state index contributed by atoms with van der Waals surface area (Å²) in [4.78, 5) is 4.80. The maximum absolute atomic E-state index is 7.10. The Morgan fingerprint density at radius 3 is 1.80 bits per heavy atom. The minimum atomic E-state index is -0.266. The van der Waals surface area contributed by atoms with Gasteiger partial charge < -0.3 is 14.5 Å². The lowest BCUT2D eigenvalue weighted by Crippen LogP contribution is -2.59. The maximum Gasteiger partial charge on any atom is 0.256 e. The van der Waals surface area contributed by atoms with Crippen LogP contribution in [0.5, 0.6) is 11.5 Å². The number of rotatable bonds is 6. The second kappa shape index (κ2) is 14.5. The van der Waals surface area contributed by atoms with Crippen molar-refractivity contribution in [3.8, 4) is 44.9 Å². The summed E-state index contributed by atoms with van der Waals surface area (Å²) >= 11 is 0. The topological polar surface area (TPSA) is 15.7 Å². The first-order valence-corrected chi connectivity index (χ1v) is 22.6. The van der Waals surface area contributed by atoms with Crippen molar-refractivity contribution in [1.82, 2.24) is 0 Å². The van der Waals surface area contributed by atoms with Gasteiger partial charge >= 0.3 is 0 Å². The Morgan fingerprint density at radius 1 is 0.446 bits per heavy atom. The SMILES string of the molecule is CC1(C)c2cc3c(cc2-c2ccc4cc(N(c5ccccc5)c5ccccc5)ccc4c21)Oc1cccc2c1B3c1ccc(-c3ccccc3)cc1N2c1cccc(-c2ccccc2)c1. The molecule has 2 heterocycles. The zero-order chi connectivity index (χ0) is 43.2. The molecule has 306 valence electrons. The zero-order valence-electron chi connectivity index (χ0n) is 36.2. The van der Waals surface area contributed by atoms with Crippen molar-refractivity contribution in [1.29, 1.82) is 0 Å². The quantitative estimate of drug-likeness (QED) is 0.155. The van der Waals surface area contributed by atoms with Crippen molar-refractivity contribution in [2.45, 2.75) is 19.3 Å². The van der Waals surface area contributed by atoms with E-state index in [-0.39, 0.29) is 12.1 Å². The molecule has 13 rings (SSSR count). The number of anilines is 6. The predicted octanol–water partition coefficient (Wildman–Crippen LogP) is 14.4. The van der Waals surface area contributed by atoms with Gasteiger partial charge in [-0.3, -0.25) is 0 Å². The minimum absolute atomic E-state index is 0.0237. The van der Waals surface area contributed by atoms with E-state index in [0.717, 1.165) is 39.9 Å². The van der Waals surface area contributed by atoms with E-state index >= 15 is 0 Å². The summed E-state index contributed by atoms with van der Waals surface area (Å²) in [5, 5.41) is 2.51. The number of hydrogen-bond donors (Lipinski definition) is 0. The predicted molar refractivity (Wildman–Crippen MR) is 273 cm³/mol. The Labute approximate surface area is 380 Å². The van der Waals surface area contributed by atoms with E-state index in [1.165, 1.54) is 77.4 Å². The Hall–Kier alpha value is -8.08. The van der Waals surface area contributed by atoms with Crippen molar-refractivity contribution >= 4 is 68.0 Å². The molecule has 1 aliphatic carbocycles. The summed E-state index contributed by atoms with van der Waals surface area (Å²) < 4.78 is 7.10. The molecule has 3 nitrogen and oxygen atoms in total. The summed E-state index contributed by atoms with van der Waals surface area (Å²) in [6, 6.07) is 81.8. The molecule has 2 aliphatic heterocycles. The third-order valence-corrected chi connectivity index (χ3v) is 14.0. The second-order valence-electron chi connectivity index (χ2n) is 18.1. The summed E-state index contributed by atoms with van der Waals surface area (Å²) in [6.07, 6.45) is 0. The molecule has 3 aliphatic rings. The molecule has 0 N–H and O–H groups in total. The molecule has 10 aromatic carbocycles. The normalized spacial score (nSPS) is 13.6. The number of hydrogen-bond acceptors (Lipinski definition) is 3. The van der Waals surface area contributed by atoms with Crippen LogP contribution in [0.25, 0.3) is 44.2 Å². The molecular formula is C61H43BN2O. The fraction of sp³-hybridized carbons (Fsp3) is 0.0492. The molecule has 4 heteroatoms. The molecule has 0 aromatic heterocycles. The van der Waals surface area contributed by atoms with E-state index in [1.807, 2.05) is 0 Å². The fourth-order valence-electron chi connectivity index (χ4n) is 11.1. The lowest BCUT2D eigenvalue weighted by molar-refractivity contribution is 0.487. The van der Waals surface area contributed by atoms with Gasteiger partial charge in [-0.2, -0.15) is 0 Å². The highest BCUT2D eigenvalue weighted by atomic mass is 16.5. The Morgan fingerprint density at radius 2 is 1.09 bits per heavy atom. The van der Waals surface area contributed by atoms with Crippen molar-refractivity contribution in [2.24, 2.45) is 0 Å². The maximum atomic E-state index is 7.10. The first-order chi connectivity index (χ1) is 32.0. The molecule has 0 bridgehead atoms. The van der Waals surface area contributed by atoms with Crippen LogP contribution in [-0.4, -0.2) is 6.71 Å². The average molecular weight is 831 g/mol. The van der Waals surface area contributed by atoms with Crippen LogP contribution in [-0.2, 0) is 5.41 Å². The van der Waals surface area contributed by atoms with E-state index in [1.54, 1.807) is 0 Å². The van der Waals surface area contributed by atoms with E-state index < -0.39 is 0 Å². The molecule has 10 aromatic rings. The van der Waals surface area contributed by atoms with Crippen LogP contribution in [0.15, 0.2) is 224 Å². The Bertz CT molecular complexity index is 3460. The molecular weight excluding hydrogens is 787 g/mol. The molecule has 0 saturated heterocycles. The highest BCUT2D eigenvalue weighted by molar-refractivity contribution is 6.99. The first-order valence-electron chi connectivity index (χ1n) is 22.6. The number of ether oxygens (including phenoxy) is 1. The standard InChI is InChI=1S/C61H43BN2O/c1-61(2)52-39-54-58(38-51(52)50-32-29-44-36-48(31-33-49(44)59(50)61)63(45-22-11-5-12-23-45)46-24-13-6-14-25-46)65-57-28-16-27-55-60(57)62(54)53-34-30-43(41-19-9-4-10-20-41)37-56(53)64(55)47-26-15-21-42(35-47)40-17-7-3-8-18-40/h3-39H,1-2H3. The van der Waals surface area contributed by atoms with E-state index in [4.69, 9.17) is 4.74 Å². The van der Waals surface area contributed by atoms with E-state index in [9.17, 15) is 0 Å². The first kappa shape index (κ1) is 37.5. The molecule has 0 spiro atoms. The van der Waals surface area contributed by atoms with Crippen molar-refractivity contribution in [3.63, 3.8) is 0 Å². The van der Waals surface area contributed by atoms with Crippen LogP contribution in [0.4, 0.5) is 34.1 Å². The smallest absolute Gasteiger partial charge is 0.256 e. The van der Waals surface area contributed by atoms with E-state index in [0.29, 0.717) is 0 Å². The van der Waals surface area contributed by atoms with Crippen molar-refractivity contribution in [3.05, 3.63) is 236 Å². The third-order valence-electron chi connectivity index (χ3n) is 14.0. The summed E-state index contributed by atoms with van der Waals surface area (Å²) in [6.45, 7) is 4.79. The van der Waals surface area contributed by atoms with Gasteiger partial charge in [0.25, 0.3) is 6.71 Å². The average Bonchev–Trinajstić information content (AvgIpc) is 3.59. The molecule has 0 amide bonds. The highest BCUT2D eigenvalue weighted by Crippen LogP contribution is 2.53. The van der Waals surface area contributed by atoms with Crippen LogP contribution in [0.2, 0.25) is 0 Å². The molecule has 0 fully saturated rings. The van der Waals surface area contributed by atoms with E-state index in [2.05, 4.69) is 248 Å². The lowest BCUT2D eigenvalue weighted by atomic mass is 9.34. The highest BCUT2D eigenvalue weighted by Gasteiger charge is 2.45. The lowest BCUT2D eigenvalue weighted by Gasteiger charge is -2.40. The largest absolute Gasteiger partial charge is 0.458 e. The fourth-order valence-corrected chi connectivity index (χ4v) is 11.1. The molecule has 0 atom stereocenters. The van der Waals surface area contributed by atoms with Gasteiger partial charge in [-0.1, -0.05) is 166 Å². The third kappa shape index (κ3) is 5.84. The van der Waals surface area contributed by atoms with Crippen LogP contribution in [0.3, 0.4) is 0 Å². The Kier molecular flexibility index (Phi) is 8.35. The van der Waals surface area contributed by atoms with Gasteiger partial charge in [0.05, 0.1) is 0 Å². The number of para-hydroxylation sites is 2. The second-order valence-corrected chi connectivity index (χ2v) is 18.1. The van der Waals surface area contributed by atoms with Gasteiger partial charge in [0, 0.05) is 39.5 Å². The number of benzene rings is 10. The monoisotopic (exact) mass is 830 g/mol. The Balaban J connectivity index is 0.964. The summed E-state index contributed by atoms with van der Waals surface area (Å²) in [5.41, 5.74) is 20.3. The van der Waals surface area contributed by atoms with Gasteiger partial charge in [-0.15, -0.1) is 0 Å². The van der Waals surface area contributed by atoms with Crippen molar-refractivity contribution in [2.75, 3.05) is 9.80 Å². The number of fused-ring (bicyclic) bond motifs is 9. The molecule has 0 radical (unpaired) electrons. The summed E-state index contributed by atoms with van der Waals surface area (Å²) in [5.74, 6) is 1.84. The van der Waals surface area contributed by atoms with Crippen LogP contribution < -0.4 is 30.9 Å². The van der Waals surface area contributed by atoms with Gasteiger partial charge in [-0.05, 0) is 144 Å². The van der Waals surface area contributed by atoms with Crippen LogP contribution >= 0.6 is 0 Å². The van der Waals surface area contributed by atoms with Gasteiger partial charge in [0.1, 0.15) is 11.5 Å². The zero-order valence-corrected chi connectivity index (χ0v) is 36.2. The molecule has 65 heavy (non-hydrogen) atoms. The van der Waals surface area contributed by atoms with Gasteiger partial charge in [0.2, 0.25) is 0 Å². The van der Waals surface area contributed by atoms with Gasteiger partial charge in [0.15, 0.2) is 0 Å². The summed E-state index contributed by atoms with van der Waals surface area (Å²) in [7, 11) is 0.